The van der Waals surface area contributed by atoms with Gasteiger partial charge in [-0.25, -0.2) is 0 Å². The molecule has 0 bridgehead atoms. The summed E-state index contributed by atoms with van der Waals surface area (Å²) in [5, 5.41) is 0. The van der Waals surface area contributed by atoms with Gasteiger partial charge in [0.25, 0.3) is 0 Å². The van der Waals surface area contributed by atoms with Crippen LogP contribution >= 0.6 is 0 Å². The van der Waals surface area contributed by atoms with Gasteiger partial charge in [0.15, 0.2) is 0 Å². The minimum absolute atomic E-state index is 0.0105. The van der Waals surface area contributed by atoms with Crippen LogP contribution in [0.1, 0.15) is 33.6 Å². The molecule has 0 fully saturated rings. The summed E-state index contributed by atoms with van der Waals surface area (Å²) in [5.74, 6) is 0.569. The van der Waals surface area contributed by atoms with Crippen molar-refractivity contribution in [1.82, 2.24) is 4.90 Å². The standard InChI is InChI=1S/C12H22N2O/c1-9(2)11(13)7-12(15)14-6-4-5-10(3)8-14/h5,9,11H,4,6-8,13H2,1-3H3. The molecule has 1 aliphatic heterocycles. The SMILES string of the molecule is CC1=CCCN(C(=O)CC(N)C(C)C)C1. The Balaban J connectivity index is 2.44. The van der Waals surface area contributed by atoms with Crippen LogP contribution in [0.5, 0.6) is 0 Å². The van der Waals surface area contributed by atoms with E-state index in [9.17, 15) is 4.79 Å². The van der Waals surface area contributed by atoms with Crippen molar-refractivity contribution in [3.05, 3.63) is 11.6 Å². The molecular weight excluding hydrogens is 188 g/mol. The van der Waals surface area contributed by atoms with Crippen molar-refractivity contribution >= 4 is 5.91 Å². The Bertz CT molecular complexity index is 258. The zero-order chi connectivity index (χ0) is 11.4. The fourth-order valence-corrected chi connectivity index (χ4v) is 1.69. The first kappa shape index (κ1) is 12.2. The molecule has 1 unspecified atom stereocenters. The molecule has 1 atom stereocenters. The van der Waals surface area contributed by atoms with Gasteiger partial charge in [0.1, 0.15) is 0 Å². The average molecular weight is 210 g/mol. The third kappa shape index (κ3) is 3.67. The number of hydrogen-bond donors (Lipinski definition) is 1. The lowest BCUT2D eigenvalue weighted by Crippen LogP contribution is -2.40. The molecule has 1 amide bonds. The summed E-state index contributed by atoms with van der Waals surface area (Å²) in [6.07, 6.45) is 3.66. The first-order valence-corrected chi connectivity index (χ1v) is 5.69. The third-order valence-electron chi connectivity index (χ3n) is 2.95. The van der Waals surface area contributed by atoms with Crippen LogP contribution in [0.2, 0.25) is 0 Å². The highest BCUT2D eigenvalue weighted by atomic mass is 16.2. The maximum absolute atomic E-state index is 11.9. The molecule has 1 aliphatic rings. The lowest BCUT2D eigenvalue weighted by atomic mass is 10.0. The Morgan fingerprint density at radius 3 is 2.80 bits per heavy atom. The van der Waals surface area contributed by atoms with Gasteiger partial charge in [-0.05, 0) is 19.3 Å². The number of amides is 1. The van der Waals surface area contributed by atoms with E-state index in [2.05, 4.69) is 26.8 Å². The minimum atomic E-state index is -0.0105. The van der Waals surface area contributed by atoms with Crippen molar-refractivity contribution in [2.75, 3.05) is 13.1 Å². The van der Waals surface area contributed by atoms with Crippen molar-refractivity contribution in [2.24, 2.45) is 11.7 Å². The van der Waals surface area contributed by atoms with E-state index >= 15 is 0 Å². The summed E-state index contributed by atoms with van der Waals surface area (Å²) in [4.78, 5) is 13.8. The second-order valence-corrected chi connectivity index (χ2v) is 4.77. The van der Waals surface area contributed by atoms with Crippen LogP contribution in [0.25, 0.3) is 0 Å². The molecule has 0 saturated carbocycles. The summed E-state index contributed by atoms with van der Waals surface area (Å²) < 4.78 is 0. The monoisotopic (exact) mass is 210 g/mol. The van der Waals surface area contributed by atoms with Crippen molar-refractivity contribution in [2.45, 2.75) is 39.7 Å². The van der Waals surface area contributed by atoms with Crippen LogP contribution in [0.4, 0.5) is 0 Å². The molecule has 0 radical (unpaired) electrons. The van der Waals surface area contributed by atoms with E-state index in [1.807, 2.05) is 4.90 Å². The highest BCUT2D eigenvalue weighted by Crippen LogP contribution is 2.12. The van der Waals surface area contributed by atoms with Crippen LogP contribution in [-0.4, -0.2) is 29.9 Å². The van der Waals surface area contributed by atoms with Gasteiger partial charge in [-0.3, -0.25) is 4.79 Å². The number of carbonyl (C=O) groups excluding carboxylic acids is 1. The fourth-order valence-electron chi connectivity index (χ4n) is 1.69. The van der Waals surface area contributed by atoms with Crippen LogP contribution in [-0.2, 0) is 4.79 Å². The summed E-state index contributed by atoms with van der Waals surface area (Å²) in [6.45, 7) is 7.81. The lowest BCUT2D eigenvalue weighted by Gasteiger charge is -2.28. The van der Waals surface area contributed by atoms with Gasteiger partial charge in [-0.1, -0.05) is 25.5 Å². The molecular formula is C12H22N2O. The summed E-state index contributed by atoms with van der Waals surface area (Å²) in [5.41, 5.74) is 7.18. The normalized spacial score (nSPS) is 19.0. The smallest absolute Gasteiger partial charge is 0.224 e. The van der Waals surface area contributed by atoms with E-state index in [1.165, 1.54) is 5.57 Å². The number of nitrogens with two attached hydrogens (primary N) is 1. The molecule has 3 nitrogen and oxygen atoms in total. The molecule has 0 aromatic carbocycles. The zero-order valence-electron chi connectivity index (χ0n) is 9.99. The topological polar surface area (TPSA) is 46.3 Å². The van der Waals surface area contributed by atoms with E-state index in [0.717, 1.165) is 19.5 Å². The molecule has 0 aromatic heterocycles. The Kier molecular flexibility index (Phi) is 4.33. The van der Waals surface area contributed by atoms with E-state index in [1.54, 1.807) is 0 Å². The Labute approximate surface area is 92.3 Å². The average Bonchev–Trinajstić information content (AvgIpc) is 2.17. The van der Waals surface area contributed by atoms with E-state index < -0.39 is 0 Å². The molecule has 0 aliphatic carbocycles. The van der Waals surface area contributed by atoms with Gasteiger partial charge < -0.3 is 10.6 Å². The maximum atomic E-state index is 11.9. The molecule has 1 heterocycles. The van der Waals surface area contributed by atoms with Crippen molar-refractivity contribution in [1.29, 1.82) is 0 Å². The lowest BCUT2D eigenvalue weighted by molar-refractivity contribution is -0.131. The zero-order valence-corrected chi connectivity index (χ0v) is 9.99. The van der Waals surface area contributed by atoms with E-state index in [0.29, 0.717) is 12.3 Å². The predicted molar refractivity (Wildman–Crippen MR) is 62.4 cm³/mol. The third-order valence-corrected chi connectivity index (χ3v) is 2.95. The minimum Gasteiger partial charge on any atom is -0.338 e. The van der Waals surface area contributed by atoms with Crippen molar-refractivity contribution in [3.8, 4) is 0 Å². The van der Waals surface area contributed by atoms with Crippen molar-refractivity contribution in [3.63, 3.8) is 0 Å². The summed E-state index contributed by atoms with van der Waals surface area (Å²) in [7, 11) is 0. The molecule has 86 valence electrons. The van der Waals surface area contributed by atoms with Gasteiger partial charge in [0.2, 0.25) is 5.91 Å². The van der Waals surface area contributed by atoms with Crippen LogP contribution in [0, 0.1) is 5.92 Å². The van der Waals surface area contributed by atoms with Crippen LogP contribution in [0.3, 0.4) is 0 Å². The van der Waals surface area contributed by atoms with Gasteiger partial charge in [-0.15, -0.1) is 0 Å². The molecule has 15 heavy (non-hydrogen) atoms. The first-order chi connectivity index (χ1) is 7.00. The number of nitrogens with zero attached hydrogens (tertiary/aromatic N) is 1. The van der Waals surface area contributed by atoms with Gasteiger partial charge in [-0.2, -0.15) is 0 Å². The van der Waals surface area contributed by atoms with Gasteiger partial charge in [0.05, 0.1) is 0 Å². The van der Waals surface area contributed by atoms with E-state index in [4.69, 9.17) is 5.73 Å². The Hall–Kier alpha value is -0.830. The first-order valence-electron chi connectivity index (χ1n) is 5.69. The number of carbonyl (C=O) groups is 1. The molecule has 0 aromatic rings. The van der Waals surface area contributed by atoms with Crippen LogP contribution < -0.4 is 5.73 Å². The van der Waals surface area contributed by atoms with E-state index in [-0.39, 0.29) is 11.9 Å². The second kappa shape index (κ2) is 5.31. The Morgan fingerprint density at radius 2 is 2.27 bits per heavy atom. The molecule has 0 spiro atoms. The number of hydrogen-bond acceptors (Lipinski definition) is 2. The maximum Gasteiger partial charge on any atom is 0.224 e. The second-order valence-electron chi connectivity index (χ2n) is 4.77. The van der Waals surface area contributed by atoms with Crippen molar-refractivity contribution < 1.29 is 4.79 Å². The molecule has 2 N–H and O–H groups in total. The quantitative estimate of drug-likeness (QED) is 0.718. The predicted octanol–water partition coefficient (Wildman–Crippen LogP) is 1.54. The molecule has 1 rings (SSSR count). The van der Waals surface area contributed by atoms with Crippen LogP contribution in [0.15, 0.2) is 11.6 Å². The summed E-state index contributed by atoms with van der Waals surface area (Å²) >= 11 is 0. The summed E-state index contributed by atoms with van der Waals surface area (Å²) in [6, 6.07) is -0.0105. The largest absolute Gasteiger partial charge is 0.338 e. The molecule has 3 heteroatoms. The number of rotatable bonds is 3. The van der Waals surface area contributed by atoms with Gasteiger partial charge >= 0.3 is 0 Å². The highest BCUT2D eigenvalue weighted by Gasteiger charge is 2.20. The molecule has 0 saturated heterocycles. The fraction of sp³-hybridized carbons (Fsp3) is 0.750. The Morgan fingerprint density at radius 1 is 1.60 bits per heavy atom. The van der Waals surface area contributed by atoms with Gasteiger partial charge in [0, 0.05) is 25.6 Å². The highest BCUT2D eigenvalue weighted by molar-refractivity contribution is 5.77.